The zero-order chi connectivity index (χ0) is 19.0. The molecule has 1 nitrogen and oxygen atoms in total. The number of nitrogens with zero attached hydrogens (tertiary/aromatic N) is 1. The van der Waals surface area contributed by atoms with Crippen LogP contribution in [0.25, 0.3) is 0 Å². The van der Waals surface area contributed by atoms with Crippen LogP contribution >= 0.6 is 27.3 Å². The normalized spacial score (nSPS) is 17.1. The number of halogens is 2. The Hall–Kier alpha value is -1.49. The molecule has 0 N–H and O–H groups in total. The Kier molecular flexibility index (Phi) is 5.49. The van der Waals surface area contributed by atoms with Gasteiger partial charge in [0, 0.05) is 32.9 Å². The Labute approximate surface area is 173 Å². The van der Waals surface area contributed by atoms with Crippen molar-refractivity contribution in [1.82, 2.24) is 4.90 Å². The van der Waals surface area contributed by atoms with Crippen LogP contribution in [0, 0.1) is 12.7 Å². The molecule has 4 heteroatoms. The Morgan fingerprint density at radius 1 is 1.19 bits per heavy atom. The van der Waals surface area contributed by atoms with Crippen molar-refractivity contribution in [3.8, 4) is 0 Å². The number of aryl methyl sites for hydroxylation is 1. The van der Waals surface area contributed by atoms with Crippen LogP contribution in [0.15, 0.2) is 53.0 Å². The van der Waals surface area contributed by atoms with Gasteiger partial charge in [0.25, 0.3) is 0 Å². The van der Waals surface area contributed by atoms with Gasteiger partial charge in [0.1, 0.15) is 5.82 Å². The largest absolute Gasteiger partial charge is 0.287 e. The van der Waals surface area contributed by atoms with E-state index in [1.807, 2.05) is 23.5 Å². The quantitative estimate of drug-likeness (QED) is 0.435. The molecular weight excluding hydrogens is 421 g/mol. The second-order valence-corrected chi connectivity index (χ2v) is 9.27. The zero-order valence-electron chi connectivity index (χ0n) is 15.6. The van der Waals surface area contributed by atoms with Gasteiger partial charge in [0.2, 0.25) is 0 Å². The van der Waals surface area contributed by atoms with Crippen molar-refractivity contribution in [2.75, 3.05) is 6.54 Å². The summed E-state index contributed by atoms with van der Waals surface area (Å²) in [6.45, 7) is 6.06. The highest BCUT2D eigenvalue weighted by molar-refractivity contribution is 9.10. The minimum atomic E-state index is -0.140. The Bertz CT molecular complexity index is 951. The second kappa shape index (κ2) is 7.86. The maximum atomic E-state index is 14.5. The molecule has 0 spiro atoms. The molecule has 1 aliphatic rings. The van der Waals surface area contributed by atoms with E-state index in [-0.39, 0.29) is 11.9 Å². The van der Waals surface area contributed by atoms with Crippen molar-refractivity contribution >= 4 is 27.3 Å². The minimum absolute atomic E-state index is 0.140. The van der Waals surface area contributed by atoms with Gasteiger partial charge in [-0.05, 0) is 48.6 Å². The smallest absolute Gasteiger partial charge is 0.128 e. The van der Waals surface area contributed by atoms with E-state index in [0.717, 1.165) is 29.4 Å². The van der Waals surface area contributed by atoms with Crippen molar-refractivity contribution in [1.29, 1.82) is 0 Å². The van der Waals surface area contributed by atoms with Gasteiger partial charge in [-0.15, -0.1) is 11.3 Å². The molecule has 0 bridgehead atoms. The monoisotopic (exact) mass is 443 g/mol. The fourth-order valence-corrected chi connectivity index (χ4v) is 5.99. The lowest BCUT2D eigenvalue weighted by Gasteiger charge is -2.36. The lowest BCUT2D eigenvalue weighted by molar-refractivity contribution is 0.205. The van der Waals surface area contributed by atoms with E-state index in [1.165, 1.54) is 26.4 Å². The summed E-state index contributed by atoms with van der Waals surface area (Å²) in [5.41, 5.74) is 5.10. The fourth-order valence-electron chi connectivity index (χ4n) is 4.19. The van der Waals surface area contributed by atoms with Gasteiger partial charge in [-0.3, -0.25) is 4.90 Å². The molecule has 1 aromatic heterocycles. The topological polar surface area (TPSA) is 3.24 Å². The molecule has 0 fully saturated rings. The number of rotatable bonds is 4. The van der Waals surface area contributed by atoms with Crippen molar-refractivity contribution < 1.29 is 4.39 Å². The van der Waals surface area contributed by atoms with E-state index in [9.17, 15) is 4.39 Å². The van der Waals surface area contributed by atoms with Crippen LogP contribution in [0.4, 0.5) is 4.39 Å². The summed E-state index contributed by atoms with van der Waals surface area (Å²) in [7, 11) is 0. The number of thiophene rings is 1. The van der Waals surface area contributed by atoms with Gasteiger partial charge in [-0.2, -0.15) is 0 Å². The molecule has 0 aliphatic carbocycles. The molecule has 0 amide bonds. The third-order valence-electron chi connectivity index (χ3n) is 5.47. The van der Waals surface area contributed by atoms with E-state index in [2.05, 4.69) is 65.0 Å². The highest BCUT2D eigenvalue weighted by Crippen LogP contribution is 2.43. The summed E-state index contributed by atoms with van der Waals surface area (Å²) >= 11 is 5.28. The first-order valence-electron chi connectivity index (χ1n) is 9.42. The highest BCUT2D eigenvalue weighted by atomic mass is 79.9. The predicted molar refractivity (Wildman–Crippen MR) is 115 cm³/mol. The molecule has 2 aromatic carbocycles. The van der Waals surface area contributed by atoms with Crippen LogP contribution in [0.1, 0.15) is 45.0 Å². The molecule has 27 heavy (non-hydrogen) atoms. The zero-order valence-corrected chi connectivity index (χ0v) is 18.0. The summed E-state index contributed by atoms with van der Waals surface area (Å²) in [5, 5.41) is 0. The van der Waals surface area contributed by atoms with Gasteiger partial charge >= 0.3 is 0 Å². The van der Waals surface area contributed by atoms with Crippen molar-refractivity contribution in [3.05, 3.63) is 90.8 Å². The van der Waals surface area contributed by atoms with E-state index in [4.69, 9.17) is 0 Å². The van der Waals surface area contributed by atoms with Gasteiger partial charge in [0.05, 0.1) is 6.04 Å². The van der Waals surface area contributed by atoms with Gasteiger partial charge in [-0.1, -0.05) is 59.3 Å². The summed E-state index contributed by atoms with van der Waals surface area (Å²) in [4.78, 5) is 5.30. The standard InChI is InChI=1S/C23H23BrFNS/c1-3-19-15(2)27-23-20(19)11-12-26(22(23)16-7-5-4-6-8-16)14-17-9-10-18(24)13-21(17)25/h4-10,13,22H,3,11-12,14H2,1-2H3/t22-/m0/s1. The van der Waals surface area contributed by atoms with Crippen LogP contribution in [0.2, 0.25) is 0 Å². The van der Waals surface area contributed by atoms with Gasteiger partial charge in [0.15, 0.2) is 0 Å². The average Bonchev–Trinajstić information content (AvgIpc) is 2.99. The summed E-state index contributed by atoms with van der Waals surface area (Å²) in [6, 6.07) is 16.2. The minimum Gasteiger partial charge on any atom is -0.287 e. The molecule has 1 aliphatic heterocycles. The summed E-state index contributed by atoms with van der Waals surface area (Å²) < 4.78 is 15.3. The van der Waals surface area contributed by atoms with E-state index in [1.54, 1.807) is 6.07 Å². The van der Waals surface area contributed by atoms with Crippen LogP contribution in [0.5, 0.6) is 0 Å². The number of hydrogen-bond acceptors (Lipinski definition) is 2. The third-order valence-corrected chi connectivity index (χ3v) is 7.21. The SMILES string of the molecule is CCc1c(C)sc2c1CCN(Cc1ccc(Br)cc1F)[C@H]2c1ccccc1. The average molecular weight is 444 g/mol. The van der Waals surface area contributed by atoms with Crippen LogP contribution in [-0.4, -0.2) is 11.4 Å². The van der Waals surface area contributed by atoms with Gasteiger partial charge < -0.3 is 0 Å². The van der Waals surface area contributed by atoms with E-state index in [0.29, 0.717) is 6.54 Å². The molecule has 0 radical (unpaired) electrons. The Morgan fingerprint density at radius 3 is 2.67 bits per heavy atom. The number of hydrogen-bond donors (Lipinski definition) is 0. The molecular formula is C23H23BrFNS. The molecule has 140 valence electrons. The van der Waals surface area contributed by atoms with Crippen LogP contribution in [0.3, 0.4) is 0 Å². The fraction of sp³-hybridized carbons (Fsp3) is 0.304. The molecule has 2 heterocycles. The number of benzene rings is 2. The van der Waals surface area contributed by atoms with Crippen molar-refractivity contribution in [2.45, 2.75) is 39.3 Å². The molecule has 0 unspecified atom stereocenters. The van der Waals surface area contributed by atoms with E-state index < -0.39 is 0 Å². The van der Waals surface area contributed by atoms with Crippen molar-refractivity contribution in [3.63, 3.8) is 0 Å². The maximum absolute atomic E-state index is 14.5. The molecule has 0 saturated carbocycles. The molecule has 4 rings (SSSR count). The predicted octanol–water partition coefficient (Wildman–Crippen LogP) is 6.67. The lowest BCUT2D eigenvalue weighted by Crippen LogP contribution is -2.35. The first-order chi connectivity index (χ1) is 13.1. The van der Waals surface area contributed by atoms with Gasteiger partial charge in [-0.25, -0.2) is 4.39 Å². The molecule has 0 saturated heterocycles. The van der Waals surface area contributed by atoms with E-state index >= 15 is 0 Å². The molecule has 3 aromatic rings. The number of fused-ring (bicyclic) bond motifs is 1. The first kappa shape index (κ1) is 18.9. The molecule has 1 atom stereocenters. The highest BCUT2D eigenvalue weighted by Gasteiger charge is 2.32. The van der Waals surface area contributed by atoms with Crippen LogP contribution < -0.4 is 0 Å². The summed E-state index contributed by atoms with van der Waals surface area (Å²) in [6.07, 6.45) is 2.13. The maximum Gasteiger partial charge on any atom is 0.128 e. The first-order valence-corrected chi connectivity index (χ1v) is 11.0. The lowest BCUT2D eigenvalue weighted by atomic mass is 9.91. The second-order valence-electron chi connectivity index (χ2n) is 7.10. The Morgan fingerprint density at radius 2 is 1.96 bits per heavy atom. The Balaban J connectivity index is 1.76. The van der Waals surface area contributed by atoms with Crippen LogP contribution in [-0.2, 0) is 19.4 Å². The third kappa shape index (κ3) is 3.63. The van der Waals surface area contributed by atoms with Crippen molar-refractivity contribution in [2.24, 2.45) is 0 Å². The summed E-state index contributed by atoms with van der Waals surface area (Å²) in [5.74, 6) is -0.140.